The first kappa shape index (κ1) is 8.09. The fourth-order valence-electron chi connectivity index (χ4n) is 2.48. The van der Waals surface area contributed by atoms with Crippen LogP contribution in [-0.4, -0.2) is 24.6 Å². The molecule has 1 aromatic heterocycles. The van der Waals surface area contributed by atoms with Crippen molar-refractivity contribution in [2.75, 3.05) is 29.9 Å². The van der Waals surface area contributed by atoms with Crippen LogP contribution in [0.2, 0.25) is 0 Å². The third-order valence-electron chi connectivity index (χ3n) is 3.20. The zero-order valence-electron chi connectivity index (χ0n) is 8.24. The fraction of sp³-hybridized carbons (Fsp3) is 0.545. The van der Waals surface area contributed by atoms with Gasteiger partial charge in [-0.1, -0.05) is 0 Å². The second kappa shape index (κ2) is 3.15. The van der Waals surface area contributed by atoms with Crippen LogP contribution >= 0.6 is 0 Å². The van der Waals surface area contributed by atoms with Crippen molar-refractivity contribution < 1.29 is 0 Å². The SMILES string of the molecule is c1cnc2c(c1)N1CCCC(CN2)C1. The summed E-state index contributed by atoms with van der Waals surface area (Å²) in [6, 6.07) is 4.19. The lowest BCUT2D eigenvalue weighted by atomic mass is 9.99. The van der Waals surface area contributed by atoms with Crippen LogP contribution in [0.25, 0.3) is 0 Å². The van der Waals surface area contributed by atoms with E-state index >= 15 is 0 Å². The molecule has 1 saturated heterocycles. The molecular formula is C11H15N3. The number of piperidine rings is 1. The predicted molar refractivity (Wildman–Crippen MR) is 57.7 cm³/mol. The van der Waals surface area contributed by atoms with Crippen molar-refractivity contribution in [3.63, 3.8) is 0 Å². The van der Waals surface area contributed by atoms with Gasteiger partial charge in [-0.15, -0.1) is 0 Å². The number of pyridine rings is 1. The summed E-state index contributed by atoms with van der Waals surface area (Å²) in [5.41, 5.74) is 1.29. The molecule has 1 N–H and O–H groups in total. The lowest BCUT2D eigenvalue weighted by Gasteiger charge is -2.31. The van der Waals surface area contributed by atoms with E-state index in [4.69, 9.17) is 0 Å². The molecule has 0 radical (unpaired) electrons. The number of fused-ring (bicyclic) bond motifs is 4. The van der Waals surface area contributed by atoms with Gasteiger partial charge in [0.05, 0.1) is 5.69 Å². The standard InChI is InChI=1S/C11H15N3/c1-4-10-11(12-5-1)13-7-9-3-2-6-14(10)8-9/h1,4-5,9H,2-3,6-8H2,(H,12,13). The van der Waals surface area contributed by atoms with Crippen LogP contribution in [0.3, 0.4) is 0 Å². The quantitative estimate of drug-likeness (QED) is 0.673. The maximum Gasteiger partial charge on any atom is 0.149 e. The fourth-order valence-corrected chi connectivity index (χ4v) is 2.48. The zero-order valence-corrected chi connectivity index (χ0v) is 8.24. The Bertz CT molecular complexity index is 337. The van der Waals surface area contributed by atoms with E-state index < -0.39 is 0 Å². The first-order chi connectivity index (χ1) is 6.93. The Morgan fingerprint density at radius 2 is 2.50 bits per heavy atom. The van der Waals surface area contributed by atoms with Crippen molar-refractivity contribution in [1.82, 2.24) is 4.98 Å². The topological polar surface area (TPSA) is 28.2 Å². The summed E-state index contributed by atoms with van der Waals surface area (Å²) in [6.07, 6.45) is 4.54. The lowest BCUT2D eigenvalue weighted by Crippen LogP contribution is -2.35. The Hall–Kier alpha value is -1.25. The van der Waals surface area contributed by atoms with Gasteiger partial charge in [-0.25, -0.2) is 4.98 Å². The Morgan fingerprint density at radius 1 is 1.50 bits per heavy atom. The highest BCUT2D eigenvalue weighted by Gasteiger charge is 2.25. The van der Waals surface area contributed by atoms with E-state index in [1.807, 2.05) is 12.3 Å². The van der Waals surface area contributed by atoms with Gasteiger partial charge in [-0.05, 0) is 30.9 Å². The number of nitrogens with one attached hydrogen (secondary N) is 1. The molecule has 3 nitrogen and oxygen atoms in total. The average Bonchev–Trinajstić information content (AvgIpc) is 2.38. The number of anilines is 2. The molecule has 0 spiro atoms. The summed E-state index contributed by atoms with van der Waals surface area (Å²) in [5, 5.41) is 3.44. The van der Waals surface area contributed by atoms with Crippen LogP contribution in [-0.2, 0) is 0 Å². The van der Waals surface area contributed by atoms with Gasteiger partial charge < -0.3 is 10.2 Å². The molecule has 2 aliphatic heterocycles. The monoisotopic (exact) mass is 189 g/mol. The van der Waals surface area contributed by atoms with E-state index in [9.17, 15) is 0 Å². The van der Waals surface area contributed by atoms with Gasteiger partial charge in [-0.3, -0.25) is 0 Å². The Labute approximate surface area is 84.1 Å². The van der Waals surface area contributed by atoms with Gasteiger partial charge in [0, 0.05) is 25.8 Å². The smallest absolute Gasteiger partial charge is 0.149 e. The molecule has 3 heteroatoms. The number of hydrogen-bond donors (Lipinski definition) is 1. The number of nitrogens with zero attached hydrogens (tertiary/aromatic N) is 2. The summed E-state index contributed by atoms with van der Waals surface area (Å²) in [7, 11) is 0. The molecule has 1 atom stereocenters. The molecular weight excluding hydrogens is 174 g/mol. The Balaban J connectivity index is 2.01. The summed E-state index contributed by atoms with van der Waals surface area (Å²) < 4.78 is 0. The first-order valence-corrected chi connectivity index (χ1v) is 5.37. The largest absolute Gasteiger partial charge is 0.368 e. The molecule has 1 fully saturated rings. The van der Waals surface area contributed by atoms with Crippen molar-refractivity contribution in [1.29, 1.82) is 0 Å². The summed E-state index contributed by atoms with van der Waals surface area (Å²) in [4.78, 5) is 6.86. The minimum Gasteiger partial charge on any atom is -0.368 e. The van der Waals surface area contributed by atoms with Crippen LogP contribution < -0.4 is 10.2 Å². The van der Waals surface area contributed by atoms with E-state index in [0.717, 1.165) is 18.3 Å². The maximum atomic E-state index is 4.39. The van der Waals surface area contributed by atoms with Crippen molar-refractivity contribution in [3.05, 3.63) is 18.3 Å². The highest BCUT2D eigenvalue weighted by Crippen LogP contribution is 2.31. The van der Waals surface area contributed by atoms with Crippen LogP contribution in [0.5, 0.6) is 0 Å². The van der Waals surface area contributed by atoms with Gasteiger partial charge in [0.1, 0.15) is 5.82 Å². The summed E-state index contributed by atoms with van der Waals surface area (Å²) in [5.74, 6) is 1.87. The van der Waals surface area contributed by atoms with E-state index in [-0.39, 0.29) is 0 Å². The molecule has 0 aromatic carbocycles. The second-order valence-electron chi connectivity index (χ2n) is 4.21. The van der Waals surface area contributed by atoms with E-state index in [1.54, 1.807) is 0 Å². The van der Waals surface area contributed by atoms with E-state index in [1.165, 1.54) is 31.6 Å². The molecule has 3 rings (SSSR count). The summed E-state index contributed by atoms with van der Waals surface area (Å²) >= 11 is 0. The van der Waals surface area contributed by atoms with Gasteiger partial charge >= 0.3 is 0 Å². The molecule has 0 amide bonds. The molecule has 0 aliphatic carbocycles. The van der Waals surface area contributed by atoms with E-state index in [0.29, 0.717) is 0 Å². The van der Waals surface area contributed by atoms with Gasteiger partial charge in [0.15, 0.2) is 0 Å². The molecule has 2 aliphatic rings. The second-order valence-corrected chi connectivity index (χ2v) is 4.21. The molecule has 2 bridgehead atoms. The van der Waals surface area contributed by atoms with Crippen LogP contribution in [0.4, 0.5) is 11.5 Å². The van der Waals surface area contributed by atoms with Crippen molar-refractivity contribution in [2.45, 2.75) is 12.8 Å². The number of rotatable bonds is 0. The third-order valence-corrected chi connectivity index (χ3v) is 3.20. The van der Waals surface area contributed by atoms with Crippen molar-refractivity contribution >= 4 is 11.5 Å². The maximum absolute atomic E-state index is 4.39. The number of hydrogen-bond acceptors (Lipinski definition) is 3. The average molecular weight is 189 g/mol. The van der Waals surface area contributed by atoms with Gasteiger partial charge in [0.25, 0.3) is 0 Å². The van der Waals surface area contributed by atoms with Crippen LogP contribution in [0, 0.1) is 5.92 Å². The van der Waals surface area contributed by atoms with Crippen LogP contribution in [0.1, 0.15) is 12.8 Å². The molecule has 1 aromatic rings. The Morgan fingerprint density at radius 3 is 3.50 bits per heavy atom. The molecule has 3 heterocycles. The molecule has 14 heavy (non-hydrogen) atoms. The zero-order chi connectivity index (χ0) is 9.38. The molecule has 1 unspecified atom stereocenters. The lowest BCUT2D eigenvalue weighted by molar-refractivity contribution is 0.438. The highest BCUT2D eigenvalue weighted by atomic mass is 15.2. The van der Waals surface area contributed by atoms with Gasteiger partial charge in [0.2, 0.25) is 0 Å². The minimum absolute atomic E-state index is 0.804. The normalized spacial score (nSPS) is 24.9. The number of aromatic nitrogens is 1. The Kier molecular flexibility index (Phi) is 1.82. The molecule has 74 valence electrons. The van der Waals surface area contributed by atoms with Crippen molar-refractivity contribution in [3.8, 4) is 0 Å². The highest BCUT2D eigenvalue weighted by molar-refractivity contribution is 5.66. The van der Waals surface area contributed by atoms with Crippen LogP contribution in [0.15, 0.2) is 18.3 Å². The molecule has 0 saturated carbocycles. The first-order valence-electron chi connectivity index (χ1n) is 5.37. The third kappa shape index (κ3) is 1.24. The van der Waals surface area contributed by atoms with E-state index in [2.05, 4.69) is 21.3 Å². The predicted octanol–water partition coefficient (Wildman–Crippen LogP) is 1.72. The van der Waals surface area contributed by atoms with Crippen molar-refractivity contribution in [2.24, 2.45) is 5.92 Å². The minimum atomic E-state index is 0.804. The summed E-state index contributed by atoms with van der Waals surface area (Å²) in [6.45, 7) is 3.48. The van der Waals surface area contributed by atoms with Gasteiger partial charge in [-0.2, -0.15) is 0 Å².